The first-order valence-corrected chi connectivity index (χ1v) is 19.0. The summed E-state index contributed by atoms with van der Waals surface area (Å²) in [6, 6.07) is 62.8. The number of fused-ring (bicyclic) bond motifs is 8. The van der Waals surface area contributed by atoms with E-state index in [4.69, 9.17) is 14.4 Å². The molecule has 3 nitrogen and oxygen atoms in total. The first-order valence-electron chi connectivity index (χ1n) is 18.1. The first kappa shape index (κ1) is 30.7. The Labute approximate surface area is 315 Å². The van der Waals surface area contributed by atoms with Crippen molar-refractivity contribution < 1.29 is 4.42 Å². The second-order valence-corrected chi connectivity index (χ2v) is 14.8. The summed E-state index contributed by atoms with van der Waals surface area (Å²) in [6.07, 6.45) is 1.86. The van der Waals surface area contributed by atoms with Crippen LogP contribution in [-0.4, -0.2) is 9.97 Å². The molecule has 0 radical (unpaired) electrons. The highest BCUT2D eigenvalue weighted by molar-refractivity contribution is 7.26. The van der Waals surface area contributed by atoms with Crippen molar-refractivity contribution >= 4 is 64.5 Å². The molecule has 0 spiro atoms. The largest absolute Gasteiger partial charge is 0.436 e. The van der Waals surface area contributed by atoms with Crippen LogP contribution in [0.25, 0.3) is 109 Å². The van der Waals surface area contributed by atoms with E-state index in [1.54, 1.807) is 0 Å². The van der Waals surface area contributed by atoms with Gasteiger partial charge in [0, 0.05) is 25.7 Å². The molecule has 3 aromatic heterocycles. The summed E-state index contributed by atoms with van der Waals surface area (Å²) in [4.78, 5) is 9.85. The van der Waals surface area contributed by atoms with Gasteiger partial charge in [0.25, 0.3) is 0 Å². The molecule has 0 amide bonds. The SMILES string of the molecule is c1ccc(-c2ccc(-c3cccc4c3sc3c(-c5cccc(-c6cccc(-c7cnc8c(n7)oc7ccc9ccccc9c78)c6)c5)cccc34)cc2)cc1. The smallest absolute Gasteiger partial charge is 0.246 e. The number of furan rings is 1. The number of rotatable bonds is 5. The molecule has 0 N–H and O–H groups in total. The highest BCUT2D eigenvalue weighted by atomic mass is 32.1. The Morgan fingerprint density at radius 3 is 1.78 bits per heavy atom. The van der Waals surface area contributed by atoms with Crippen LogP contribution in [0.5, 0.6) is 0 Å². The highest BCUT2D eigenvalue weighted by Crippen LogP contribution is 2.44. The zero-order valence-electron chi connectivity index (χ0n) is 29.0. The fraction of sp³-hybridized carbons (Fsp3) is 0. The van der Waals surface area contributed by atoms with E-state index in [-0.39, 0.29) is 0 Å². The summed E-state index contributed by atoms with van der Waals surface area (Å²) in [5.41, 5.74) is 13.6. The third-order valence-corrected chi connectivity index (χ3v) is 11.9. The average molecular weight is 707 g/mol. The van der Waals surface area contributed by atoms with Gasteiger partial charge in [-0.25, -0.2) is 9.97 Å². The Kier molecular flexibility index (Phi) is 7.04. The average Bonchev–Trinajstić information content (AvgIpc) is 3.83. The van der Waals surface area contributed by atoms with Gasteiger partial charge in [0.2, 0.25) is 5.71 Å². The fourth-order valence-corrected chi connectivity index (χ4v) is 9.28. The molecule has 0 atom stereocenters. The molecule has 0 fully saturated rings. The molecule has 0 aliphatic carbocycles. The van der Waals surface area contributed by atoms with Crippen LogP contribution in [0.4, 0.5) is 0 Å². The van der Waals surface area contributed by atoms with Crippen molar-refractivity contribution in [1.82, 2.24) is 9.97 Å². The molecule has 3 heterocycles. The van der Waals surface area contributed by atoms with Gasteiger partial charge in [-0.1, -0.05) is 158 Å². The molecular weight excluding hydrogens is 677 g/mol. The van der Waals surface area contributed by atoms with Gasteiger partial charge in [-0.3, -0.25) is 0 Å². The van der Waals surface area contributed by atoms with Crippen molar-refractivity contribution in [2.45, 2.75) is 0 Å². The molecule has 0 unspecified atom stereocenters. The number of aromatic nitrogens is 2. The lowest BCUT2D eigenvalue weighted by atomic mass is 9.96. The predicted octanol–water partition coefficient (Wildman–Crippen LogP) is 14.2. The van der Waals surface area contributed by atoms with Gasteiger partial charge in [0.15, 0.2) is 0 Å². The van der Waals surface area contributed by atoms with E-state index in [2.05, 4.69) is 170 Å². The number of thiophene rings is 1. The van der Waals surface area contributed by atoms with E-state index in [0.717, 1.165) is 49.6 Å². The Hall–Kier alpha value is -6.88. The summed E-state index contributed by atoms with van der Waals surface area (Å²) < 4.78 is 8.85. The molecule has 0 aliphatic rings. The van der Waals surface area contributed by atoms with Gasteiger partial charge >= 0.3 is 0 Å². The minimum atomic E-state index is 0.551. The molecule has 11 aromatic rings. The van der Waals surface area contributed by atoms with Crippen molar-refractivity contribution in [3.8, 4) is 55.8 Å². The lowest BCUT2D eigenvalue weighted by Crippen LogP contribution is -1.88. The van der Waals surface area contributed by atoms with Crippen LogP contribution in [0, 0.1) is 0 Å². The van der Waals surface area contributed by atoms with Crippen LogP contribution >= 0.6 is 11.3 Å². The molecule has 11 rings (SSSR count). The number of nitrogens with zero attached hydrogens (tertiary/aromatic N) is 2. The zero-order valence-corrected chi connectivity index (χ0v) is 29.8. The Morgan fingerprint density at radius 2 is 1.00 bits per heavy atom. The maximum absolute atomic E-state index is 6.24. The van der Waals surface area contributed by atoms with Crippen molar-refractivity contribution in [3.63, 3.8) is 0 Å². The lowest BCUT2D eigenvalue weighted by Gasteiger charge is -2.09. The van der Waals surface area contributed by atoms with Crippen LogP contribution in [0.3, 0.4) is 0 Å². The van der Waals surface area contributed by atoms with Gasteiger partial charge in [0.1, 0.15) is 11.1 Å². The van der Waals surface area contributed by atoms with E-state index in [1.165, 1.54) is 53.6 Å². The van der Waals surface area contributed by atoms with Gasteiger partial charge in [-0.15, -0.1) is 11.3 Å². The molecule has 54 heavy (non-hydrogen) atoms. The summed E-state index contributed by atoms with van der Waals surface area (Å²) in [5.74, 6) is 0. The molecule has 0 bridgehead atoms. The highest BCUT2D eigenvalue weighted by Gasteiger charge is 2.16. The summed E-state index contributed by atoms with van der Waals surface area (Å²) >= 11 is 1.89. The molecule has 252 valence electrons. The monoisotopic (exact) mass is 706 g/mol. The summed E-state index contributed by atoms with van der Waals surface area (Å²) in [5, 5.41) is 5.87. The maximum atomic E-state index is 6.24. The molecule has 4 heteroatoms. The second kappa shape index (κ2) is 12.4. The van der Waals surface area contributed by atoms with Crippen LogP contribution < -0.4 is 0 Å². The molecular formula is C50H30N2OS. The Bertz CT molecular complexity index is 3210. The second-order valence-electron chi connectivity index (χ2n) is 13.7. The first-order chi connectivity index (χ1) is 26.7. The third-order valence-electron chi connectivity index (χ3n) is 10.6. The third kappa shape index (κ3) is 5.03. The van der Waals surface area contributed by atoms with E-state index in [1.807, 2.05) is 23.6 Å². The fourth-order valence-electron chi connectivity index (χ4n) is 7.91. The predicted molar refractivity (Wildman–Crippen MR) is 227 cm³/mol. The van der Waals surface area contributed by atoms with E-state index >= 15 is 0 Å². The quantitative estimate of drug-likeness (QED) is 0.179. The Balaban J connectivity index is 0.958. The minimum Gasteiger partial charge on any atom is -0.436 e. The van der Waals surface area contributed by atoms with Gasteiger partial charge in [-0.2, -0.15) is 0 Å². The van der Waals surface area contributed by atoms with Crippen molar-refractivity contribution in [1.29, 1.82) is 0 Å². The van der Waals surface area contributed by atoms with Crippen molar-refractivity contribution in [2.24, 2.45) is 0 Å². The number of hydrogen-bond donors (Lipinski definition) is 0. The van der Waals surface area contributed by atoms with Crippen molar-refractivity contribution in [3.05, 3.63) is 182 Å². The zero-order chi connectivity index (χ0) is 35.6. The van der Waals surface area contributed by atoms with E-state index < -0.39 is 0 Å². The maximum Gasteiger partial charge on any atom is 0.246 e. The van der Waals surface area contributed by atoms with Crippen LogP contribution in [0.2, 0.25) is 0 Å². The summed E-state index contributed by atoms with van der Waals surface area (Å²) in [7, 11) is 0. The van der Waals surface area contributed by atoms with Crippen LogP contribution in [-0.2, 0) is 0 Å². The topological polar surface area (TPSA) is 38.9 Å². The van der Waals surface area contributed by atoms with Crippen molar-refractivity contribution in [2.75, 3.05) is 0 Å². The Morgan fingerprint density at radius 1 is 0.426 bits per heavy atom. The standard InChI is InChI=1S/C50H30N2OS/c1-2-10-31(11-3-1)32-22-24-34(25-23-32)40-18-8-20-42-43-21-9-19-41(49(43)54-48(40)42)37-15-6-13-35(28-37)36-14-7-16-38(29-36)44-30-51-47-46-39-17-5-4-12-33(39)26-27-45(46)53-50(47)52-44/h1-30H. The van der Waals surface area contributed by atoms with Gasteiger partial charge in [-0.05, 0) is 73.5 Å². The normalized spacial score (nSPS) is 11.7. The summed E-state index contributed by atoms with van der Waals surface area (Å²) in [6.45, 7) is 0. The molecule has 0 saturated heterocycles. The lowest BCUT2D eigenvalue weighted by molar-refractivity contribution is 0.654. The molecule has 0 aliphatic heterocycles. The molecule has 0 saturated carbocycles. The number of hydrogen-bond acceptors (Lipinski definition) is 4. The van der Waals surface area contributed by atoms with E-state index in [0.29, 0.717) is 5.71 Å². The number of benzene rings is 8. The van der Waals surface area contributed by atoms with Crippen LogP contribution in [0.1, 0.15) is 0 Å². The van der Waals surface area contributed by atoms with Gasteiger partial charge in [0.05, 0.1) is 17.3 Å². The van der Waals surface area contributed by atoms with Gasteiger partial charge < -0.3 is 4.42 Å². The van der Waals surface area contributed by atoms with E-state index in [9.17, 15) is 0 Å². The van der Waals surface area contributed by atoms with Crippen LogP contribution in [0.15, 0.2) is 187 Å². The molecule has 8 aromatic carbocycles. The minimum absolute atomic E-state index is 0.551.